The summed E-state index contributed by atoms with van der Waals surface area (Å²) >= 11 is 0. The number of rotatable bonds is 4. The number of amides is 1. The molecule has 0 spiro atoms. The predicted molar refractivity (Wildman–Crippen MR) is 88.9 cm³/mol. The van der Waals surface area contributed by atoms with Gasteiger partial charge in [0.2, 0.25) is 23.4 Å². The third-order valence-electron chi connectivity index (χ3n) is 4.87. The van der Waals surface area contributed by atoms with Crippen molar-refractivity contribution in [3.63, 3.8) is 0 Å². The van der Waals surface area contributed by atoms with Gasteiger partial charge in [0.05, 0.1) is 6.33 Å². The van der Waals surface area contributed by atoms with Crippen LogP contribution in [-0.2, 0) is 4.79 Å². The number of nitrogens with zero attached hydrogens (tertiary/aromatic N) is 6. The van der Waals surface area contributed by atoms with E-state index in [2.05, 4.69) is 16.0 Å². The molecule has 1 saturated heterocycles. The maximum absolute atomic E-state index is 12.6. The van der Waals surface area contributed by atoms with Crippen LogP contribution in [0, 0.1) is 11.3 Å². The van der Waals surface area contributed by atoms with Crippen molar-refractivity contribution in [3.8, 4) is 6.07 Å². The van der Waals surface area contributed by atoms with Crippen LogP contribution in [0.5, 0.6) is 0 Å². The molecule has 2 aromatic heterocycles. The molecular weight excluding hydrogens is 320 g/mol. The highest BCUT2D eigenvalue weighted by Gasteiger charge is 2.33. The lowest BCUT2D eigenvalue weighted by Crippen LogP contribution is -2.50. The van der Waals surface area contributed by atoms with E-state index in [4.69, 9.17) is 4.42 Å². The van der Waals surface area contributed by atoms with Crippen LogP contribution in [0.2, 0.25) is 0 Å². The predicted octanol–water partition coefficient (Wildman–Crippen LogP) is 1.53. The summed E-state index contributed by atoms with van der Waals surface area (Å²) in [6, 6.07) is 1.86. The highest BCUT2D eigenvalue weighted by molar-refractivity contribution is 5.80. The van der Waals surface area contributed by atoms with Crippen LogP contribution in [0.1, 0.15) is 43.3 Å². The Labute approximate surface area is 145 Å². The molecule has 0 radical (unpaired) electrons. The number of carbonyl (C=O) groups is 1. The van der Waals surface area contributed by atoms with Gasteiger partial charge in [-0.05, 0) is 19.8 Å². The third kappa shape index (κ3) is 2.97. The first-order chi connectivity index (χ1) is 12.2. The SMILES string of the molecule is CC(C(=O)N1CCN(c2oc(C3CC3)nc2C#N)CC1)n1ccnc1. The topological polar surface area (TPSA) is 91.2 Å². The standard InChI is InChI=1S/C17H20N6O2/c1-12(23-5-4-19-11-23)16(24)21-6-8-22(9-7-21)17-14(10-18)20-15(25-17)13-2-3-13/h4-5,11-13H,2-3,6-9H2,1H3. The number of anilines is 1. The fourth-order valence-electron chi connectivity index (χ4n) is 3.14. The molecule has 2 fully saturated rings. The van der Waals surface area contributed by atoms with Gasteiger partial charge in [-0.25, -0.2) is 9.97 Å². The third-order valence-corrected chi connectivity index (χ3v) is 4.87. The quantitative estimate of drug-likeness (QED) is 0.838. The smallest absolute Gasteiger partial charge is 0.245 e. The van der Waals surface area contributed by atoms with E-state index in [9.17, 15) is 10.1 Å². The summed E-state index contributed by atoms with van der Waals surface area (Å²) in [7, 11) is 0. The number of aromatic nitrogens is 3. The van der Waals surface area contributed by atoms with Gasteiger partial charge in [-0.2, -0.15) is 5.26 Å². The summed E-state index contributed by atoms with van der Waals surface area (Å²) in [5.74, 6) is 1.69. The van der Waals surface area contributed by atoms with Gasteiger partial charge in [0, 0.05) is 44.5 Å². The van der Waals surface area contributed by atoms with E-state index in [1.807, 2.05) is 16.7 Å². The van der Waals surface area contributed by atoms with Gasteiger partial charge in [0.15, 0.2) is 0 Å². The lowest BCUT2D eigenvalue weighted by atomic mass is 10.2. The van der Waals surface area contributed by atoms with Crippen molar-refractivity contribution >= 4 is 11.8 Å². The van der Waals surface area contributed by atoms with Crippen LogP contribution in [0.15, 0.2) is 23.1 Å². The normalized spacial score (nSPS) is 18.9. The monoisotopic (exact) mass is 340 g/mol. The molecule has 1 amide bonds. The number of hydrogen-bond acceptors (Lipinski definition) is 6. The minimum absolute atomic E-state index is 0.0781. The Balaban J connectivity index is 1.41. The van der Waals surface area contributed by atoms with E-state index in [0.29, 0.717) is 49.6 Å². The van der Waals surface area contributed by atoms with E-state index < -0.39 is 0 Å². The van der Waals surface area contributed by atoms with E-state index in [1.165, 1.54) is 0 Å². The zero-order valence-corrected chi connectivity index (χ0v) is 14.1. The Morgan fingerprint density at radius 2 is 2.12 bits per heavy atom. The first kappa shape index (κ1) is 15.7. The molecule has 0 aromatic carbocycles. The molecule has 8 heteroatoms. The number of hydrogen-bond donors (Lipinski definition) is 0. The van der Waals surface area contributed by atoms with E-state index >= 15 is 0 Å². The number of carbonyl (C=O) groups excluding carboxylic acids is 1. The van der Waals surface area contributed by atoms with Gasteiger partial charge in [0.1, 0.15) is 12.1 Å². The second-order valence-electron chi connectivity index (χ2n) is 6.59. The molecule has 0 N–H and O–H groups in total. The summed E-state index contributed by atoms with van der Waals surface area (Å²) < 4.78 is 7.65. The van der Waals surface area contributed by atoms with Gasteiger partial charge in [0.25, 0.3) is 0 Å². The Bertz CT molecular complexity index is 794. The minimum atomic E-state index is -0.268. The van der Waals surface area contributed by atoms with Crippen molar-refractivity contribution in [3.05, 3.63) is 30.3 Å². The summed E-state index contributed by atoms with van der Waals surface area (Å²) in [6.45, 7) is 4.35. The minimum Gasteiger partial charge on any atom is -0.423 e. The number of piperazine rings is 1. The van der Waals surface area contributed by atoms with Crippen molar-refractivity contribution in [2.45, 2.75) is 31.7 Å². The van der Waals surface area contributed by atoms with Crippen LogP contribution >= 0.6 is 0 Å². The number of oxazole rings is 1. The molecule has 1 aliphatic heterocycles. The fourth-order valence-corrected chi connectivity index (χ4v) is 3.14. The molecule has 1 unspecified atom stereocenters. The molecule has 1 atom stereocenters. The molecule has 25 heavy (non-hydrogen) atoms. The van der Waals surface area contributed by atoms with Gasteiger partial charge in [-0.1, -0.05) is 0 Å². The zero-order chi connectivity index (χ0) is 17.4. The largest absolute Gasteiger partial charge is 0.423 e. The average molecular weight is 340 g/mol. The lowest BCUT2D eigenvalue weighted by Gasteiger charge is -2.35. The Morgan fingerprint density at radius 3 is 2.72 bits per heavy atom. The van der Waals surface area contributed by atoms with Crippen LogP contribution in [0.4, 0.5) is 5.88 Å². The summed E-state index contributed by atoms with van der Waals surface area (Å²) in [5, 5.41) is 9.31. The molecule has 8 nitrogen and oxygen atoms in total. The summed E-state index contributed by atoms with van der Waals surface area (Å²) in [6.07, 6.45) is 7.29. The lowest BCUT2D eigenvalue weighted by molar-refractivity contribution is -0.134. The Hall–Kier alpha value is -2.82. The average Bonchev–Trinajstić information content (AvgIpc) is 3.19. The first-order valence-corrected chi connectivity index (χ1v) is 8.59. The van der Waals surface area contributed by atoms with Crippen molar-refractivity contribution in [1.82, 2.24) is 19.4 Å². The molecule has 4 rings (SSSR count). The second-order valence-corrected chi connectivity index (χ2v) is 6.59. The first-order valence-electron chi connectivity index (χ1n) is 8.59. The maximum atomic E-state index is 12.6. The molecule has 130 valence electrons. The van der Waals surface area contributed by atoms with Crippen molar-refractivity contribution in [2.75, 3.05) is 31.1 Å². The molecular formula is C17H20N6O2. The van der Waals surface area contributed by atoms with Crippen LogP contribution < -0.4 is 4.90 Å². The number of imidazole rings is 1. The molecule has 1 aliphatic carbocycles. The summed E-state index contributed by atoms with van der Waals surface area (Å²) in [5.41, 5.74) is 0.355. The molecule has 2 aromatic rings. The molecule has 1 saturated carbocycles. The number of nitriles is 1. The Kier molecular flexibility index (Phi) is 3.92. The van der Waals surface area contributed by atoms with Crippen molar-refractivity contribution in [1.29, 1.82) is 5.26 Å². The van der Waals surface area contributed by atoms with Gasteiger partial charge >= 0.3 is 0 Å². The fraction of sp³-hybridized carbons (Fsp3) is 0.529. The van der Waals surface area contributed by atoms with E-state index in [0.717, 1.165) is 12.8 Å². The van der Waals surface area contributed by atoms with Crippen LogP contribution in [-0.4, -0.2) is 51.5 Å². The van der Waals surface area contributed by atoms with Gasteiger partial charge in [-0.15, -0.1) is 0 Å². The van der Waals surface area contributed by atoms with E-state index in [-0.39, 0.29) is 11.9 Å². The molecule has 0 bridgehead atoms. The van der Waals surface area contributed by atoms with Crippen LogP contribution in [0.25, 0.3) is 0 Å². The zero-order valence-electron chi connectivity index (χ0n) is 14.1. The van der Waals surface area contributed by atoms with Crippen molar-refractivity contribution in [2.24, 2.45) is 0 Å². The highest BCUT2D eigenvalue weighted by atomic mass is 16.4. The van der Waals surface area contributed by atoms with Gasteiger partial charge < -0.3 is 18.8 Å². The Morgan fingerprint density at radius 1 is 1.36 bits per heavy atom. The summed E-state index contributed by atoms with van der Waals surface area (Å²) in [4.78, 5) is 24.8. The van der Waals surface area contributed by atoms with Crippen molar-refractivity contribution < 1.29 is 9.21 Å². The maximum Gasteiger partial charge on any atom is 0.245 e. The van der Waals surface area contributed by atoms with E-state index in [1.54, 1.807) is 23.3 Å². The van der Waals surface area contributed by atoms with Gasteiger partial charge in [-0.3, -0.25) is 4.79 Å². The van der Waals surface area contributed by atoms with Crippen LogP contribution in [0.3, 0.4) is 0 Å². The highest BCUT2D eigenvalue weighted by Crippen LogP contribution is 2.41. The molecule has 2 aliphatic rings. The molecule has 3 heterocycles. The second kappa shape index (κ2) is 6.24.